The normalized spacial score (nSPS) is 16.6. The zero-order valence-electron chi connectivity index (χ0n) is 8.31. The first-order valence-corrected chi connectivity index (χ1v) is 4.28. The van der Waals surface area contributed by atoms with Crippen LogP contribution in [0.4, 0.5) is 0 Å². The Morgan fingerprint density at radius 2 is 1.91 bits per heavy atom. The molecule has 0 saturated carbocycles. The van der Waals surface area contributed by atoms with Crippen LogP contribution in [-0.2, 0) is 0 Å². The summed E-state index contributed by atoms with van der Waals surface area (Å²) in [6, 6.07) is 0. The largest absolute Gasteiger partial charge is 0.512 e. The van der Waals surface area contributed by atoms with Crippen LogP contribution in [-0.4, -0.2) is 5.11 Å². The van der Waals surface area contributed by atoms with Crippen LogP contribution in [0.5, 0.6) is 0 Å². The van der Waals surface area contributed by atoms with Crippen molar-refractivity contribution >= 4 is 0 Å². The maximum Gasteiger partial charge on any atom is 0.0916 e. The second-order valence-corrected chi connectivity index (χ2v) is 4.12. The van der Waals surface area contributed by atoms with Crippen molar-refractivity contribution in [1.82, 2.24) is 0 Å². The zero-order valence-corrected chi connectivity index (χ0v) is 8.31. The van der Waals surface area contributed by atoms with Crippen molar-refractivity contribution in [3.05, 3.63) is 11.8 Å². The minimum absolute atomic E-state index is 0.162. The molecule has 0 aliphatic rings. The molecule has 1 heteroatoms. The first kappa shape index (κ1) is 10.5. The molecule has 0 aromatic rings. The van der Waals surface area contributed by atoms with E-state index in [1.165, 1.54) is 0 Å². The number of aliphatic hydroxyl groups excluding tert-OH is 1. The van der Waals surface area contributed by atoms with Crippen LogP contribution in [0.3, 0.4) is 0 Å². The van der Waals surface area contributed by atoms with E-state index in [2.05, 4.69) is 27.7 Å². The SMILES string of the molecule is CCC=C(O)C(C)C(C)(C)C. The van der Waals surface area contributed by atoms with Gasteiger partial charge in [0.25, 0.3) is 0 Å². The van der Waals surface area contributed by atoms with Crippen molar-refractivity contribution in [2.75, 3.05) is 0 Å². The summed E-state index contributed by atoms with van der Waals surface area (Å²) < 4.78 is 0. The molecule has 1 unspecified atom stereocenters. The lowest BCUT2D eigenvalue weighted by molar-refractivity contribution is 0.216. The first-order chi connectivity index (χ1) is 4.89. The fraction of sp³-hybridized carbons (Fsp3) is 0.800. The van der Waals surface area contributed by atoms with Gasteiger partial charge in [-0.3, -0.25) is 0 Å². The lowest BCUT2D eigenvalue weighted by Gasteiger charge is -2.26. The summed E-state index contributed by atoms with van der Waals surface area (Å²) in [5.74, 6) is 0.780. The molecule has 0 saturated heterocycles. The highest BCUT2D eigenvalue weighted by Crippen LogP contribution is 2.29. The van der Waals surface area contributed by atoms with E-state index in [1.54, 1.807) is 0 Å². The third kappa shape index (κ3) is 3.45. The minimum atomic E-state index is 0.162. The highest BCUT2D eigenvalue weighted by Gasteiger charge is 2.22. The van der Waals surface area contributed by atoms with Gasteiger partial charge in [0.1, 0.15) is 0 Å². The average Bonchev–Trinajstić information content (AvgIpc) is 1.85. The van der Waals surface area contributed by atoms with Gasteiger partial charge in [-0.1, -0.05) is 34.6 Å². The van der Waals surface area contributed by atoms with Crippen LogP contribution < -0.4 is 0 Å². The van der Waals surface area contributed by atoms with Gasteiger partial charge in [-0.25, -0.2) is 0 Å². The maximum absolute atomic E-state index is 9.51. The van der Waals surface area contributed by atoms with Crippen LogP contribution in [0.15, 0.2) is 11.8 Å². The van der Waals surface area contributed by atoms with E-state index >= 15 is 0 Å². The molecule has 1 N–H and O–H groups in total. The molecule has 0 bridgehead atoms. The van der Waals surface area contributed by atoms with Gasteiger partial charge in [0.05, 0.1) is 5.76 Å². The molecule has 0 aliphatic heterocycles. The van der Waals surface area contributed by atoms with E-state index in [-0.39, 0.29) is 11.3 Å². The summed E-state index contributed by atoms with van der Waals surface area (Å²) in [6.45, 7) is 10.5. The van der Waals surface area contributed by atoms with E-state index in [9.17, 15) is 5.11 Å². The van der Waals surface area contributed by atoms with E-state index in [4.69, 9.17) is 0 Å². The summed E-state index contributed by atoms with van der Waals surface area (Å²) in [5.41, 5.74) is 0.162. The van der Waals surface area contributed by atoms with E-state index in [0.717, 1.165) is 6.42 Å². The molecule has 0 aromatic heterocycles. The predicted octanol–water partition coefficient (Wildman–Crippen LogP) is 3.52. The summed E-state index contributed by atoms with van der Waals surface area (Å²) in [4.78, 5) is 0. The molecule has 0 spiro atoms. The molecule has 0 heterocycles. The highest BCUT2D eigenvalue weighted by atomic mass is 16.3. The van der Waals surface area contributed by atoms with Crippen molar-refractivity contribution < 1.29 is 5.11 Å². The Morgan fingerprint density at radius 1 is 1.45 bits per heavy atom. The van der Waals surface area contributed by atoms with Gasteiger partial charge in [-0.05, 0) is 17.9 Å². The highest BCUT2D eigenvalue weighted by molar-refractivity contribution is 4.98. The average molecular weight is 156 g/mol. The van der Waals surface area contributed by atoms with Crippen LogP contribution >= 0.6 is 0 Å². The van der Waals surface area contributed by atoms with Gasteiger partial charge in [-0.15, -0.1) is 0 Å². The Bertz CT molecular complexity index is 139. The fourth-order valence-corrected chi connectivity index (χ4v) is 0.830. The lowest BCUT2D eigenvalue weighted by Crippen LogP contribution is -2.19. The van der Waals surface area contributed by atoms with Crippen LogP contribution in [0.1, 0.15) is 41.0 Å². The quantitative estimate of drug-likeness (QED) is 0.606. The molecule has 11 heavy (non-hydrogen) atoms. The van der Waals surface area contributed by atoms with Crippen LogP contribution in [0, 0.1) is 11.3 Å². The number of aliphatic hydroxyl groups is 1. The monoisotopic (exact) mass is 156 g/mol. The lowest BCUT2D eigenvalue weighted by atomic mass is 9.81. The van der Waals surface area contributed by atoms with Crippen molar-refractivity contribution in [3.63, 3.8) is 0 Å². The number of allylic oxidation sites excluding steroid dienone is 2. The van der Waals surface area contributed by atoms with Gasteiger partial charge >= 0.3 is 0 Å². The smallest absolute Gasteiger partial charge is 0.0916 e. The van der Waals surface area contributed by atoms with Crippen molar-refractivity contribution in [2.24, 2.45) is 11.3 Å². The summed E-state index contributed by atoms with van der Waals surface area (Å²) in [7, 11) is 0. The molecule has 0 rings (SSSR count). The van der Waals surface area contributed by atoms with E-state index in [0.29, 0.717) is 5.76 Å². The Kier molecular flexibility index (Phi) is 3.64. The first-order valence-electron chi connectivity index (χ1n) is 4.28. The summed E-state index contributed by atoms with van der Waals surface area (Å²) in [6.07, 6.45) is 2.79. The van der Waals surface area contributed by atoms with Crippen molar-refractivity contribution in [2.45, 2.75) is 41.0 Å². The molecule has 0 aliphatic carbocycles. The molecule has 0 aromatic carbocycles. The number of hydrogen-bond acceptors (Lipinski definition) is 1. The molecule has 66 valence electrons. The maximum atomic E-state index is 9.51. The van der Waals surface area contributed by atoms with Crippen LogP contribution in [0.2, 0.25) is 0 Å². The fourth-order valence-electron chi connectivity index (χ4n) is 0.830. The molecular weight excluding hydrogens is 136 g/mol. The Balaban J connectivity index is 4.25. The second-order valence-electron chi connectivity index (χ2n) is 4.12. The standard InChI is InChI=1S/C10H20O/c1-6-7-9(11)8(2)10(3,4)5/h7-8,11H,6H2,1-5H3. The van der Waals surface area contributed by atoms with Gasteiger partial charge in [-0.2, -0.15) is 0 Å². The third-order valence-electron chi connectivity index (χ3n) is 2.16. The van der Waals surface area contributed by atoms with Gasteiger partial charge in [0, 0.05) is 5.92 Å². The molecule has 1 atom stereocenters. The Hall–Kier alpha value is -0.460. The minimum Gasteiger partial charge on any atom is -0.512 e. The summed E-state index contributed by atoms with van der Waals surface area (Å²) in [5, 5.41) is 9.51. The molecule has 0 amide bonds. The topological polar surface area (TPSA) is 20.2 Å². The number of hydrogen-bond donors (Lipinski definition) is 1. The Morgan fingerprint density at radius 3 is 2.18 bits per heavy atom. The Labute approximate surface area is 70.1 Å². The number of rotatable bonds is 2. The van der Waals surface area contributed by atoms with Crippen LogP contribution in [0.25, 0.3) is 0 Å². The van der Waals surface area contributed by atoms with Gasteiger partial charge < -0.3 is 5.11 Å². The molecule has 0 radical (unpaired) electrons. The zero-order chi connectivity index (χ0) is 9.07. The summed E-state index contributed by atoms with van der Waals surface area (Å²) >= 11 is 0. The van der Waals surface area contributed by atoms with Crippen molar-refractivity contribution in [3.8, 4) is 0 Å². The molecule has 1 nitrogen and oxygen atoms in total. The predicted molar refractivity (Wildman–Crippen MR) is 49.6 cm³/mol. The van der Waals surface area contributed by atoms with Gasteiger partial charge in [0.15, 0.2) is 0 Å². The van der Waals surface area contributed by atoms with Crippen molar-refractivity contribution in [1.29, 1.82) is 0 Å². The second kappa shape index (κ2) is 3.80. The molecular formula is C10H20O. The van der Waals surface area contributed by atoms with E-state index in [1.807, 2.05) is 13.0 Å². The van der Waals surface area contributed by atoms with E-state index < -0.39 is 0 Å². The third-order valence-corrected chi connectivity index (χ3v) is 2.16. The van der Waals surface area contributed by atoms with Gasteiger partial charge in [0.2, 0.25) is 0 Å². The molecule has 0 fully saturated rings.